The van der Waals surface area contributed by atoms with Gasteiger partial charge >= 0.3 is 0 Å². The number of piperidine rings is 1. The molecule has 1 aromatic carbocycles. The van der Waals surface area contributed by atoms with Crippen LogP contribution in [0.5, 0.6) is 0 Å². The van der Waals surface area contributed by atoms with Crippen LogP contribution in [0.15, 0.2) is 24.3 Å². The molecule has 1 saturated heterocycles. The summed E-state index contributed by atoms with van der Waals surface area (Å²) in [6.07, 6.45) is 3.03. The van der Waals surface area contributed by atoms with E-state index in [1.165, 1.54) is 0 Å². The van der Waals surface area contributed by atoms with Gasteiger partial charge in [-0.05, 0) is 37.3 Å². The highest BCUT2D eigenvalue weighted by Crippen LogP contribution is 2.41. The second-order valence-corrected chi connectivity index (χ2v) is 5.77. The van der Waals surface area contributed by atoms with Gasteiger partial charge in [-0.1, -0.05) is 25.1 Å². The number of nitrogens with one attached hydrogen (secondary N) is 1. The van der Waals surface area contributed by atoms with Crippen LogP contribution in [0.4, 0.5) is 5.69 Å². The Morgan fingerprint density at radius 2 is 2.10 bits per heavy atom. The molecule has 4 nitrogen and oxygen atoms in total. The fraction of sp³-hybridized carbons (Fsp3) is 0.500. The first kappa shape index (κ1) is 13.2. The highest BCUT2D eigenvalue weighted by atomic mass is 16.2. The number of benzene rings is 1. The third-order valence-corrected chi connectivity index (χ3v) is 4.41. The Kier molecular flexibility index (Phi) is 3.24. The Bertz CT molecular complexity index is 553. The van der Waals surface area contributed by atoms with Crippen molar-refractivity contribution in [3.8, 4) is 0 Å². The van der Waals surface area contributed by atoms with Crippen LogP contribution in [-0.4, -0.2) is 29.8 Å². The largest absolute Gasteiger partial charge is 0.342 e. The van der Waals surface area contributed by atoms with Gasteiger partial charge in [0, 0.05) is 18.8 Å². The second kappa shape index (κ2) is 4.93. The Hall–Kier alpha value is -1.84. The minimum atomic E-state index is -0.873. The summed E-state index contributed by atoms with van der Waals surface area (Å²) < 4.78 is 0. The SMILES string of the molecule is CCCN1CCCC2(Cc3ccccc3NC2=O)C1=O. The number of hydrogen-bond donors (Lipinski definition) is 1. The Labute approximate surface area is 119 Å². The first-order valence-corrected chi connectivity index (χ1v) is 7.36. The highest BCUT2D eigenvalue weighted by Gasteiger charge is 2.51. The lowest BCUT2D eigenvalue weighted by Gasteiger charge is -2.43. The highest BCUT2D eigenvalue weighted by molar-refractivity contribution is 6.13. The molecular weight excluding hydrogens is 252 g/mol. The molecule has 3 rings (SSSR count). The topological polar surface area (TPSA) is 49.4 Å². The number of hydrogen-bond acceptors (Lipinski definition) is 2. The molecule has 2 heterocycles. The molecule has 2 aliphatic heterocycles. The Morgan fingerprint density at radius 3 is 2.90 bits per heavy atom. The molecule has 0 radical (unpaired) electrons. The molecule has 0 bridgehead atoms. The van der Waals surface area contributed by atoms with Gasteiger partial charge in [0.05, 0.1) is 0 Å². The number of amides is 2. The molecule has 0 aromatic heterocycles. The van der Waals surface area contributed by atoms with Gasteiger partial charge in [0.25, 0.3) is 0 Å². The van der Waals surface area contributed by atoms with Gasteiger partial charge in [0.1, 0.15) is 5.41 Å². The average Bonchev–Trinajstić information content (AvgIpc) is 2.45. The summed E-state index contributed by atoms with van der Waals surface area (Å²) in [4.78, 5) is 27.2. The first-order valence-electron chi connectivity index (χ1n) is 7.36. The van der Waals surface area contributed by atoms with Crippen LogP contribution in [0.25, 0.3) is 0 Å². The van der Waals surface area contributed by atoms with Gasteiger partial charge in [-0.25, -0.2) is 0 Å². The molecule has 0 aliphatic carbocycles. The zero-order valence-corrected chi connectivity index (χ0v) is 11.8. The zero-order valence-electron chi connectivity index (χ0n) is 11.8. The second-order valence-electron chi connectivity index (χ2n) is 5.77. The summed E-state index contributed by atoms with van der Waals surface area (Å²) in [5.74, 6) is -0.111. The third kappa shape index (κ3) is 1.90. The predicted molar refractivity (Wildman–Crippen MR) is 77.3 cm³/mol. The number of carbonyl (C=O) groups is 2. The van der Waals surface area contributed by atoms with Crippen molar-refractivity contribution in [3.63, 3.8) is 0 Å². The molecule has 1 atom stereocenters. The summed E-state index contributed by atoms with van der Waals surface area (Å²) in [5.41, 5.74) is 1.05. The van der Waals surface area contributed by atoms with Gasteiger partial charge in [0.15, 0.2) is 0 Å². The van der Waals surface area contributed by atoms with Crippen molar-refractivity contribution < 1.29 is 9.59 Å². The van der Waals surface area contributed by atoms with E-state index in [0.29, 0.717) is 12.8 Å². The maximum absolute atomic E-state index is 12.8. The lowest BCUT2D eigenvalue weighted by atomic mass is 9.71. The molecule has 20 heavy (non-hydrogen) atoms. The number of para-hydroxylation sites is 1. The van der Waals surface area contributed by atoms with E-state index in [1.807, 2.05) is 29.2 Å². The van der Waals surface area contributed by atoms with E-state index >= 15 is 0 Å². The van der Waals surface area contributed by atoms with Crippen LogP contribution in [0, 0.1) is 5.41 Å². The van der Waals surface area contributed by atoms with Gasteiger partial charge in [-0.3, -0.25) is 9.59 Å². The zero-order chi connectivity index (χ0) is 14.2. The van der Waals surface area contributed by atoms with Crippen molar-refractivity contribution in [3.05, 3.63) is 29.8 Å². The lowest BCUT2D eigenvalue weighted by Crippen LogP contribution is -2.57. The molecule has 1 unspecified atom stereocenters. The third-order valence-electron chi connectivity index (χ3n) is 4.41. The van der Waals surface area contributed by atoms with Crippen LogP contribution >= 0.6 is 0 Å². The standard InChI is InChI=1S/C16H20N2O2/c1-2-9-18-10-5-8-16(15(18)20)11-12-6-3-4-7-13(12)17-14(16)19/h3-4,6-7H,2,5,8-11H2,1H3,(H,17,19). The number of likely N-dealkylation sites (tertiary alicyclic amines) is 1. The van der Waals surface area contributed by atoms with Crippen LogP contribution in [0.3, 0.4) is 0 Å². The van der Waals surface area contributed by atoms with Crippen molar-refractivity contribution in [2.24, 2.45) is 5.41 Å². The number of fused-ring (bicyclic) bond motifs is 1. The van der Waals surface area contributed by atoms with Crippen LogP contribution in [0.1, 0.15) is 31.7 Å². The summed E-state index contributed by atoms with van der Waals surface area (Å²) in [6.45, 7) is 3.59. The molecule has 1 fully saturated rings. The smallest absolute Gasteiger partial charge is 0.240 e. The van der Waals surface area contributed by atoms with E-state index in [1.54, 1.807) is 0 Å². The number of carbonyl (C=O) groups excluding carboxylic acids is 2. The van der Waals surface area contributed by atoms with E-state index in [9.17, 15) is 9.59 Å². The molecule has 4 heteroatoms. The van der Waals surface area contributed by atoms with Gasteiger partial charge < -0.3 is 10.2 Å². The predicted octanol–water partition coefficient (Wildman–Crippen LogP) is 2.20. The lowest BCUT2D eigenvalue weighted by molar-refractivity contribution is -0.153. The van der Waals surface area contributed by atoms with Crippen molar-refractivity contribution >= 4 is 17.5 Å². The molecule has 0 saturated carbocycles. The fourth-order valence-electron chi connectivity index (χ4n) is 3.38. The Balaban J connectivity index is 1.96. The fourth-order valence-corrected chi connectivity index (χ4v) is 3.38. The minimum absolute atomic E-state index is 0.0117. The molecular formula is C16H20N2O2. The van der Waals surface area contributed by atoms with Crippen molar-refractivity contribution in [2.75, 3.05) is 18.4 Å². The number of nitrogens with zero attached hydrogens (tertiary/aromatic N) is 1. The molecule has 1 spiro atoms. The summed E-state index contributed by atoms with van der Waals surface area (Å²) in [6, 6.07) is 7.77. The van der Waals surface area contributed by atoms with Gasteiger partial charge in [0.2, 0.25) is 11.8 Å². The van der Waals surface area contributed by atoms with Crippen LogP contribution in [0.2, 0.25) is 0 Å². The van der Waals surface area contributed by atoms with Crippen molar-refractivity contribution in [2.45, 2.75) is 32.6 Å². The maximum atomic E-state index is 12.8. The number of anilines is 1. The average molecular weight is 272 g/mol. The first-order chi connectivity index (χ1) is 9.67. The summed E-state index contributed by atoms with van der Waals surface area (Å²) in [5, 5.41) is 2.93. The normalized spacial score (nSPS) is 25.6. The van der Waals surface area contributed by atoms with E-state index < -0.39 is 5.41 Å². The molecule has 1 aromatic rings. The monoisotopic (exact) mass is 272 g/mol. The number of rotatable bonds is 2. The van der Waals surface area contributed by atoms with Crippen LogP contribution in [-0.2, 0) is 16.0 Å². The van der Waals surface area contributed by atoms with E-state index in [-0.39, 0.29) is 11.8 Å². The molecule has 106 valence electrons. The minimum Gasteiger partial charge on any atom is -0.342 e. The summed E-state index contributed by atoms with van der Waals surface area (Å²) in [7, 11) is 0. The van der Waals surface area contributed by atoms with E-state index in [2.05, 4.69) is 12.2 Å². The van der Waals surface area contributed by atoms with Gasteiger partial charge in [-0.2, -0.15) is 0 Å². The van der Waals surface area contributed by atoms with Crippen LogP contribution < -0.4 is 5.32 Å². The van der Waals surface area contributed by atoms with Crippen molar-refractivity contribution in [1.29, 1.82) is 0 Å². The molecule has 2 amide bonds. The molecule has 1 N–H and O–H groups in total. The van der Waals surface area contributed by atoms with E-state index in [0.717, 1.165) is 37.2 Å². The Morgan fingerprint density at radius 1 is 1.30 bits per heavy atom. The van der Waals surface area contributed by atoms with E-state index in [4.69, 9.17) is 0 Å². The van der Waals surface area contributed by atoms with Crippen molar-refractivity contribution in [1.82, 2.24) is 4.90 Å². The molecule has 2 aliphatic rings. The summed E-state index contributed by atoms with van der Waals surface area (Å²) >= 11 is 0. The van der Waals surface area contributed by atoms with Gasteiger partial charge in [-0.15, -0.1) is 0 Å². The quantitative estimate of drug-likeness (QED) is 0.839. The maximum Gasteiger partial charge on any atom is 0.240 e.